The monoisotopic (exact) mass is 1350 g/mol. The second-order valence-corrected chi connectivity index (χ2v) is 35.1. The predicted molar refractivity (Wildman–Crippen MR) is 441 cm³/mol. The van der Waals surface area contributed by atoms with Gasteiger partial charge in [-0.3, -0.25) is 0 Å². The van der Waals surface area contributed by atoms with Crippen LogP contribution in [0.5, 0.6) is 0 Å². The summed E-state index contributed by atoms with van der Waals surface area (Å²) < 4.78 is 5.23. The molecule has 6 heterocycles. The number of aromatic nitrogens is 2. The lowest BCUT2D eigenvalue weighted by Crippen LogP contribution is -2.64. The van der Waals surface area contributed by atoms with Crippen molar-refractivity contribution in [3.63, 3.8) is 0 Å². The molecule has 0 aliphatic carbocycles. The summed E-state index contributed by atoms with van der Waals surface area (Å²) >= 11 is 3.91. The molecule has 0 spiro atoms. The summed E-state index contributed by atoms with van der Waals surface area (Å²) in [6.45, 7) is 27.9. The second-order valence-electron chi connectivity index (χ2n) is 32.9. The smallest absolute Gasteiger partial charge is 0.252 e. The van der Waals surface area contributed by atoms with E-state index in [-0.39, 0.29) is 35.1 Å². The van der Waals surface area contributed by atoms with E-state index in [1.165, 1.54) is 141 Å². The summed E-state index contributed by atoms with van der Waals surface area (Å²) in [5.41, 5.74) is 31.8. The first-order valence-corrected chi connectivity index (χ1v) is 37.9. The zero-order chi connectivity index (χ0) is 69.6. The van der Waals surface area contributed by atoms with Crippen LogP contribution in [0.2, 0.25) is 0 Å². The molecule has 0 unspecified atom stereocenters. The Hall–Kier alpha value is -10.1. The Morgan fingerprint density at radius 1 is 0.265 bits per heavy atom. The number of hydrogen-bond acceptors (Lipinski definition) is 4. The molecule has 0 radical (unpaired) electrons. The molecule has 102 heavy (non-hydrogen) atoms. The van der Waals surface area contributed by atoms with Crippen LogP contribution in [0.15, 0.2) is 287 Å². The van der Waals surface area contributed by atoms with E-state index in [1.54, 1.807) is 0 Å². The van der Waals surface area contributed by atoms with E-state index in [0.717, 1.165) is 45.0 Å². The molecule has 0 fully saturated rings. The summed E-state index contributed by atoms with van der Waals surface area (Å²) in [7, 11) is 0. The van der Waals surface area contributed by atoms with Crippen LogP contribution in [0, 0.1) is 0 Å². The molecule has 4 aliphatic rings. The van der Waals surface area contributed by atoms with Crippen molar-refractivity contribution in [3.05, 3.63) is 289 Å². The van der Waals surface area contributed by atoms with Crippen molar-refractivity contribution < 1.29 is 0 Å². The third-order valence-corrected chi connectivity index (χ3v) is 24.7. The molecule has 0 saturated heterocycles. The van der Waals surface area contributed by atoms with Crippen LogP contribution < -0.4 is 42.6 Å². The van der Waals surface area contributed by atoms with Gasteiger partial charge in [-0.15, -0.1) is 0 Å². The van der Waals surface area contributed by atoms with Crippen molar-refractivity contribution in [1.29, 1.82) is 0 Å². The lowest BCUT2D eigenvalue weighted by molar-refractivity contribution is 0.590. The second kappa shape index (κ2) is 22.7. The van der Waals surface area contributed by atoms with Crippen LogP contribution in [0.25, 0.3) is 77.2 Å². The molecular weight excluding hydrogens is 1270 g/mol. The van der Waals surface area contributed by atoms with E-state index in [4.69, 9.17) is 0 Å². The highest BCUT2D eigenvalue weighted by molar-refractivity contribution is 8.01. The molecule has 494 valence electrons. The number of anilines is 6. The largest absolute Gasteiger partial charge is 0.311 e. The van der Waals surface area contributed by atoms with Crippen molar-refractivity contribution in [1.82, 2.24) is 9.13 Å². The van der Waals surface area contributed by atoms with Gasteiger partial charge in [0.1, 0.15) is 0 Å². The Morgan fingerprint density at radius 2 is 0.676 bits per heavy atom. The Kier molecular flexibility index (Phi) is 14.0. The molecule has 2 aromatic heterocycles. The van der Waals surface area contributed by atoms with Gasteiger partial charge < -0.3 is 18.9 Å². The van der Waals surface area contributed by atoms with Crippen LogP contribution in [0.4, 0.5) is 34.1 Å². The molecule has 0 atom stereocenters. The standard InChI is InChI=1S/C94H80B2N4S2/c1-91(2,3)59-39-43-68-69-44-40-60(92(4,5)6)48-78(69)98(77(68)47-59)64-51-82-88-83(52-64)100(90-66(57-27-16-13-17-28-57)33-26-34-67(90)58-29-18-14-19-30-58)81-56-85-75(55-74(81)95(88)72-35-22-24-37-76(72)97(82)63-31-20-15-21-32-63)96-73-36-23-25-38-84(73)101-86-53-65(54-87(102-85)89(86)96)99-79-49-61(93(7,8)9)41-45-70(79)71-46-42-62(50-80(71)99)94(10,11)12/h13-56H,1-12H3. The highest BCUT2D eigenvalue weighted by Gasteiger charge is 2.48. The van der Waals surface area contributed by atoms with E-state index in [9.17, 15) is 0 Å². The van der Waals surface area contributed by atoms with Gasteiger partial charge in [0.2, 0.25) is 6.71 Å². The maximum Gasteiger partial charge on any atom is 0.252 e. The molecule has 13 aromatic carbocycles. The minimum atomic E-state index is -0.160. The zero-order valence-corrected chi connectivity index (χ0v) is 61.8. The van der Waals surface area contributed by atoms with Gasteiger partial charge in [-0.1, -0.05) is 306 Å². The van der Waals surface area contributed by atoms with Gasteiger partial charge in [-0.2, -0.15) is 0 Å². The summed E-state index contributed by atoms with van der Waals surface area (Å²) in [6, 6.07) is 104. The Labute approximate surface area is 609 Å². The van der Waals surface area contributed by atoms with Crippen LogP contribution in [-0.2, 0) is 21.7 Å². The van der Waals surface area contributed by atoms with Gasteiger partial charge in [0.25, 0.3) is 6.71 Å². The molecule has 8 heteroatoms. The van der Waals surface area contributed by atoms with Crippen LogP contribution >= 0.6 is 23.5 Å². The molecular formula is C94H80B2N4S2. The first kappa shape index (κ1) is 62.9. The van der Waals surface area contributed by atoms with Crippen molar-refractivity contribution in [2.45, 2.75) is 124 Å². The van der Waals surface area contributed by atoms with Crippen molar-refractivity contribution in [2.75, 3.05) is 9.80 Å². The summed E-state index contributed by atoms with van der Waals surface area (Å²) in [4.78, 5) is 10.5. The number of benzene rings is 13. The summed E-state index contributed by atoms with van der Waals surface area (Å²) in [5, 5.41) is 5.05. The van der Waals surface area contributed by atoms with E-state index >= 15 is 0 Å². The average molecular weight is 1350 g/mol. The molecule has 19 rings (SSSR count). The normalized spacial score (nSPS) is 13.9. The fourth-order valence-corrected chi connectivity index (χ4v) is 19.6. The number of rotatable bonds is 6. The third kappa shape index (κ3) is 9.75. The first-order chi connectivity index (χ1) is 49.1. The molecule has 15 aromatic rings. The number of nitrogens with zero attached hydrogens (tertiary/aromatic N) is 4. The number of hydrogen-bond donors (Lipinski definition) is 0. The van der Waals surface area contributed by atoms with E-state index in [2.05, 4.69) is 369 Å². The molecule has 4 nitrogen and oxygen atoms in total. The highest BCUT2D eigenvalue weighted by Crippen LogP contribution is 2.53. The lowest BCUT2D eigenvalue weighted by atomic mass is 9.31. The summed E-state index contributed by atoms with van der Waals surface area (Å²) in [6.07, 6.45) is 0. The fraction of sp³-hybridized carbons (Fsp3) is 0.170. The van der Waals surface area contributed by atoms with Crippen LogP contribution in [-0.4, -0.2) is 22.6 Å². The van der Waals surface area contributed by atoms with E-state index in [1.807, 2.05) is 23.5 Å². The van der Waals surface area contributed by atoms with Gasteiger partial charge in [-0.05, 0) is 156 Å². The minimum absolute atomic E-state index is 0.0275. The van der Waals surface area contributed by atoms with Crippen LogP contribution in [0.1, 0.15) is 105 Å². The quantitative estimate of drug-likeness (QED) is 0.154. The minimum Gasteiger partial charge on any atom is -0.311 e. The highest BCUT2D eigenvalue weighted by atomic mass is 32.2. The Bertz CT molecular complexity index is 5820. The zero-order valence-electron chi connectivity index (χ0n) is 60.2. The Balaban J connectivity index is 0.944. The third-order valence-electron chi connectivity index (χ3n) is 22.4. The lowest BCUT2D eigenvalue weighted by Gasteiger charge is -2.46. The summed E-state index contributed by atoms with van der Waals surface area (Å²) in [5.74, 6) is 0. The van der Waals surface area contributed by atoms with Crippen molar-refractivity contribution in [3.8, 4) is 33.6 Å². The average Bonchev–Trinajstić information content (AvgIpc) is 0.975. The number of fused-ring (bicyclic) bond motifs is 14. The topological polar surface area (TPSA) is 16.3 Å². The van der Waals surface area contributed by atoms with Crippen molar-refractivity contribution in [2.24, 2.45) is 0 Å². The van der Waals surface area contributed by atoms with Crippen LogP contribution in [0.3, 0.4) is 0 Å². The van der Waals surface area contributed by atoms with Gasteiger partial charge in [0.05, 0.1) is 33.4 Å². The molecule has 4 aliphatic heterocycles. The fourth-order valence-electron chi connectivity index (χ4n) is 17.2. The SMILES string of the molecule is CC(C)(C)c1ccc2c3ccc(C(C)(C)C)cc3n(-c3cc4c5c(c3)Sc3cc6c(cc3B5c3ccccc3S4)B3c4ccccc4N(c4ccccc4)c4cc(-n5c7cc(C(C)(C)C)ccc7c7ccc(C(C)(C)C)cc75)cc(c43)N6c3c(-c4ccccc4)cccc3-c3ccccc3)c2c1. The van der Waals surface area contributed by atoms with E-state index in [0.29, 0.717) is 0 Å². The van der Waals surface area contributed by atoms with Gasteiger partial charge in [0.15, 0.2) is 0 Å². The molecule has 0 saturated carbocycles. The van der Waals surface area contributed by atoms with Gasteiger partial charge in [-0.25, -0.2) is 0 Å². The molecule has 0 bridgehead atoms. The maximum absolute atomic E-state index is 2.74. The van der Waals surface area contributed by atoms with Gasteiger partial charge >= 0.3 is 0 Å². The van der Waals surface area contributed by atoms with Gasteiger partial charge in [0, 0.05) is 86.4 Å². The Morgan fingerprint density at radius 3 is 1.17 bits per heavy atom. The molecule has 0 amide bonds. The maximum atomic E-state index is 2.74. The first-order valence-electron chi connectivity index (χ1n) is 36.3. The van der Waals surface area contributed by atoms with Crippen molar-refractivity contribution >= 4 is 147 Å². The van der Waals surface area contributed by atoms with E-state index < -0.39 is 0 Å². The molecule has 0 N–H and O–H groups in total. The predicted octanol–water partition coefficient (Wildman–Crippen LogP) is 21.9. The number of para-hydroxylation sites is 3.